The van der Waals surface area contributed by atoms with E-state index in [1.165, 1.54) is 6.92 Å². The molecule has 0 aromatic carbocycles. The maximum absolute atomic E-state index is 10.7. The van der Waals surface area contributed by atoms with Gasteiger partial charge in [0.15, 0.2) is 4.88 Å². The fourth-order valence-electron chi connectivity index (χ4n) is 0.839. The summed E-state index contributed by atoms with van der Waals surface area (Å²) in [5.41, 5.74) is 0.822. The molecule has 0 spiro atoms. The van der Waals surface area contributed by atoms with Crippen LogP contribution < -0.4 is 5.32 Å². The molecule has 0 radical (unpaired) electrons. The molecule has 0 saturated heterocycles. The number of hydrogen-bond donors (Lipinski definition) is 2. The van der Waals surface area contributed by atoms with Gasteiger partial charge in [0.25, 0.3) is 0 Å². The van der Waals surface area contributed by atoms with Gasteiger partial charge in [-0.05, 0) is 18.5 Å². The fraction of sp³-hybridized carbons (Fsp3) is 0.286. The van der Waals surface area contributed by atoms with Gasteiger partial charge in [-0.15, -0.1) is 0 Å². The number of nitrogens with one attached hydrogen (secondary N) is 1. The minimum absolute atomic E-state index is 0.0627. The SMILES string of the molecule is CC(=O)Nc1c(C)nsc1C(=O)O. The number of carboxylic acids is 1. The molecule has 0 bridgehead atoms. The van der Waals surface area contributed by atoms with Crippen LogP contribution in [0, 0.1) is 6.92 Å². The van der Waals surface area contributed by atoms with Crippen molar-refractivity contribution in [1.82, 2.24) is 4.37 Å². The van der Waals surface area contributed by atoms with E-state index in [9.17, 15) is 9.59 Å². The molecule has 0 aliphatic carbocycles. The van der Waals surface area contributed by atoms with Crippen molar-refractivity contribution in [2.45, 2.75) is 13.8 Å². The zero-order chi connectivity index (χ0) is 10.0. The standard InChI is InChI=1S/C7H8N2O3S/c1-3-5(8-4(2)10)6(7(11)12)13-9-3/h1-2H3,(H,8,10)(H,11,12). The monoisotopic (exact) mass is 200 g/mol. The van der Waals surface area contributed by atoms with Crippen molar-refractivity contribution < 1.29 is 14.7 Å². The molecule has 2 N–H and O–H groups in total. The lowest BCUT2D eigenvalue weighted by molar-refractivity contribution is -0.114. The van der Waals surface area contributed by atoms with Gasteiger partial charge in [-0.25, -0.2) is 4.79 Å². The van der Waals surface area contributed by atoms with Crippen LogP contribution in [0.1, 0.15) is 22.3 Å². The van der Waals surface area contributed by atoms with Crippen molar-refractivity contribution in [3.63, 3.8) is 0 Å². The summed E-state index contributed by atoms with van der Waals surface area (Å²) in [7, 11) is 0. The van der Waals surface area contributed by atoms with E-state index in [2.05, 4.69) is 9.69 Å². The zero-order valence-electron chi connectivity index (χ0n) is 7.12. The number of aryl methyl sites for hydroxylation is 1. The van der Waals surface area contributed by atoms with E-state index in [0.29, 0.717) is 11.4 Å². The fourth-order valence-corrected chi connectivity index (χ4v) is 1.53. The third kappa shape index (κ3) is 2.03. The van der Waals surface area contributed by atoms with Crippen LogP contribution in [-0.2, 0) is 4.79 Å². The summed E-state index contributed by atoms with van der Waals surface area (Å²) in [6, 6.07) is 0. The van der Waals surface area contributed by atoms with Crippen LogP contribution in [0.25, 0.3) is 0 Å². The Kier molecular flexibility index (Phi) is 2.62. The van der Waals surface area contributed by atoms with Crippen LogP contribution in [0.3, 0.4) is 0 Å². The summed E-state index contributed by atoms with van der Waals surface area (Å²) >= 11 is 0.862. The van der Waals surface area contributed by atoms with E-state index in [1.54, 1.807) is 6.92 Å². The summed E-state index contributed by atoms with van der Waals surface area (Å²) in [4.78, 5) is 21.4. The number of carbonyl (C=O) groups is 2. The van der Waals surface area contributed by atoms with Crippen molar-refractivity contribution in [2.75, 3.05) is 5.32 Å². The molecule has 13 heavy (non-hydrogen) atoms. The van der Waals surface area contributed by atoms with E-state index in [4.69, 9.17) is 5.11 Å². The number of aromatic nitrogens is 1. The van der Waals surface area contributed by atoms with E-state index < -0.39 is 5.97 Å². The summed E-state index contributed by atoms with van der Waals surface area (Å²) in [6.45, 7) is 2.97. The highest BCUT2D eigenvalue weighted by Gasteiger charge is 2.17. The first-order valence-electron chi connectivity index (χ1n) is 3.49. The molecular formula is C7H8N2O3S. The first-order valence-corrected chi connectivity index (χ1v) is 4.27. The number of aromatic carboxylic acids is 1. The van der Waals surface area contributed by atoms with Gasteiger partial charge in [-0.2, -0.15) is 4.37 Å². The predicted octanol–water partition coefficient (Wildman–Crippen LogP) is 1.11. The van der Waals surface area contributed by atoms with Crippen LogP contribution >= 0.6 is 11.5 Å². The minimum atomic E-state index is -1.07. The number of rotatable bonds is 2. The molecule has 1 aromatic heterocycles. The van der Waals surface area contributed by atoms with Gasteiger partial charge in [0, 0.05) is 6.92 Å². The van der Waals surface area contributed by atoms with Crippen LogP contribution in [0.2, 0.25) is 0 Å². The Morgan fingerprint density at radius 1 is 1.54 bits per heavy atom. The van der Waals surface area contributed by atoms with Crippen molar-refractivity contribution in [2.24, 2.45) is 0 Å². The van der Waals surface area contributed by atoms with Crippen molar-refractivity contribution >= 4 is 29.1 Å². The van der Waals surface area contributed by atoms with Gasteiger partial charge in [-0.3, -0.25) is 4.79 Å². The van der Waals surface area contributed by atoms with Crippen LogP contribution in [-0.4, -0.2) is 21.4 Å². The maximum Gasteiger partial charge on any atom is 0.349 e. The molecule has 1 amide bonds. The van der Waals surface area contributed by atoms with Gasteiger partial charge in [-0.1, -0.05) is 0 Å². The Morgan fingerprint density at radius 3 is 2.62 bits per heavy atom. The van der Waals surface area contributed by atoms with Gasteiger partial charge in [0.2, 0.25) is 5.91 Å². The Balaban J connectivity index is 3.08. The third-order valence-electron chi connectivity index (χ3n) is 1.36. The quantitative estimate of drug-likeness (QED) is 0.749. The topological polar surface area (TPSA) is 79.3 Å². The first-order chi connectivity index (χ1) is 6.02. The highest BCUT2D eigenvalue weighted by Crippen LogP contribution is 2.23. The Labute approximate surface area is 78.6 Å². The van der Waals surface area contributed by atoms with E-state index >= 15 is 0 Å². The molecule has 1 heterocycles. The summed E-state index contributed by atoms with van der Waals surface area (Å²) < 4.78 is 3.84. The van der Waals surface area contributed by atoms with Crippen molar-refractivity contribution in [3.8, 4) is 0 Å². The average Bonchev–Trinajstić information content (AvgIpc) is 2.32. The van der Waals surface area contributed by atoms with Crippen LogP contribution in [0.4, 0.5) is 5.69 Å². The van der Waals surface area contributed by atoms with Crippen molar-refractivity contribution in [3.05, 3.63) is 10.6 Å². The molecule has 6 heteroatoms. The molecular weight excluding hydrogens is 192 g/mol. The molecule has 0 atom stereocenters. The molecule has 0 saturated carbocycles. The number of nitrogens with zero attached hydrogens (tertiary/aromatic N) is 1. The number of amides is 1. The molecule has 0 fully saturated rings. The van der Waals surface area contributed by atoms with Crippen LogP contribution in [0.5, 0.6) is 0 Å². The molecule has 5 nitrogen and oxygen atoms in total. The highest BCUT2D eigenvalue weighted by atomic mass is 32.1. The Morgan fingerprint density at radius 2 is 2.15 bits per heavy atom. The molecule has 0 aliphatic rings. The Hall–Kier alpha value is -1.43. The number of carboxylic acid groups (broad SMARTS) is 1. The van der Waals surface area contributed by atoms with E-state index in [0.717, 1.165) is 11.5 Å². The second-order valence-corrected chi connectivity index (χ2v) is 3.23. The normalized spacial score (nSPS) is 9.69. The lowest BCUT2D eigenvalue weighted by Gasteiger charge is -2.00. The number of hydrogen-bond acceptors (Lipinski definition) is 4. The lowest BCUT2D eigenvalue weighted by Crippen LogP contribution is -2.09. The molecule has 0 unspecified atom stereocenters. The zero-order valence-corrected chi connectivity index (χ0v) is 7.94. The summed E-state index contributed by atoms with van der Waals surface area (Å²) in [6.07, 6.45) is 0. The third-order valence-corrected chi connectivity index (χ3v) is 2.28. The minimum Gasteiger partial charge on any atom is -0.477 e. The summed E-state index contributed by atoms with van der Waals surface area (Å²) in [5.74, 6) is -1.37. The maximum atomic E-state index is 10.7. The number of anilines is 1. The average molecular weight is 200 g/mol. The number of carbonyl (C=O) groups excluding carboxylic acids is 1. The van der Waals surface area contributed by atoms with E-state index in [-0.39, 0.29) is 10.8 Å². The van der Waals surface area contributed by atoms with Gasteiger partial charge in [0.1, 0.15) is 0 Å². The molecule has 70 valence electrons. The lowest BCUT2D eigenvalue weighted by atomic mass is 10.3. The van der Waals surface area contributed by atoms with Gasteiger partial charge < -0.3 is 10.4 Å². The van der Waals surface area contributed by atoms with Crippen LogP contribution in [0.15, 0.2) is 0 Å². The largest absolute Gasteiger partial charge is 0.477 e. The van der Waals surface area contributed by atoms with E-state index in [1.807, 2.05) is 0 Å². The summed E-state index contributed by atoms with van der Waals surface area (Å²) in [5, 5.41) is 11.1. The molecule has 0 aliphatic heterocycles. The predicted molar refractivity (Wildman–Crippen MR) is 48.1 cm³/mol. The smallest absolute Gasteiger partial charge is 0.349 e. The van der Waals surface area contributed by atoms with Gasteiger partial charge in [0.05, 0.1) is 11.4 Å². The second kappa shape index (κ2) is 3.53. The molecule has 1 aromatic rings. The highest BCUT2D eigenvalue weighted by molar-refractivity contribution is 7.08. The first kappa shape index (κ1) is 9.66. The Bertz CT molecular complexity index is 359. The van der Waals surface area contributed by atoms with Gasteiger partial charge >= 0.3 is 5.97 Å². The second-order valence-electron chi connectivity index (χ2n) is 2.46. The molecule has 1 rings (SSSR count). The van der Waals surface area contributed by atoms with Crippen molar-refractivity contribution in [1.29, 1.82) is 0 Å².